The maximum absolute atomic E-state index is 12.8. The zero-order chi connectivity index (χ0) is 24.1. The van der Waals surface area contributed by atoms with Crippen LogP contribution in [0.3, 0.4) is 0 Å². The first-order valence-corrected chi connectivity index (χ1v) is 11.8. The fourth-order valence-electron chi connectivity index (χ4n) is 2.93. The highest BCUT2D eigenvalue weighted by Gasteiger charge is 2.36. The van der Waals surface area contributed by atoms with E-state index in [-0.39, 0.29) is 11.5 Å². The van der Waals surface area contributed by atoms with Crippen molar-refractivity contribution in [2.45, 2.75) is 6.92 Å². The van der Waals surface area contributed by atoms with Crippen LogP contribution in [0.25, 0.3) is 6.08 Å². The number of methoxy groups -OCH3 is 1. The van der Waals surface area contributed by atoms with E-state index in [1.54, 1.807) is 36.4 Å². The minimum atomic E-state index is -0.551. The monoisotopic (exact) mass is 596 g/mol. The normalized spacial score (nSPS) is 14.4. The molecule has 3 amide bonds. The highest BCUT2D eigenvalue weighted by Crippen LogP contribution is 2.37. The largest absolute Gasteiger partial charge is 0.493 e. The van der Waals surface area contributed by atoms with Crippen LogP contribution in [0.1, 0.15) is 11.1 Å². The second-order valence-corrected chi connectivity index (χ2v) is 9.39. The summed E-state index contributed by atoms with van der Waals surface area (Å²) in [6.07, 6.45) is 6.82. The molecule has 3 rings (SSSR count). The second-order valence-electron chi connectivity index (χ2n) is 6.80. The highest BCUT2D eigenvalue weighted by atomic mass is 127. The topological polar surface area (TPSA) is 84.9 Å². The number of thioether (sulfide) groups is 1. The van der Waals surface area contributed by atoms with Crippen LogP contribution in [-0.4, -0.2) is 42.2 Å². The van der Waals surface area contributed by atoms with E-state index in [1.807, 2.05) is 6.92 Å². The van der Waals surface area contributed by atoms with Crippen LogP contribution in [-0.2, 0) is 9.59 Å². The third-order valence-corrected chi connectivity index (χ3v) is 6.44. The van der Waals surface area contributed by atoms with Crippen LogP contribution in [0, 0.1) is 22.8 Å². The summed E-state index contributed by atoms with van der Waals surface area (Å²) in [5.41, 5.74) is 1.96. The van der Waals surface area contributed by atoms with Crippen molar-refractivity contribution in [3.05, 3.63) is 55.0 Å². The average molecular weight is 597 g/mol. The van der Waals surface area contributed by atoms with Crippen LogP contribution < -0.4 is 14.8 Å². The lowest BCUT2D eigenvalue weighted by molar-refractivity contribution is -0.127. The van der Waals surface area contributed by atoms with Crippen molar-refractivity contribution in [1.82, 2.24) is 4.90 Å². The van der Waals surface area contributed by atoms with Crippen molar-refractivity contribution in [3.63, 3.8) is 0 Å². The fraction of sp³-hybridized carbons (Fsp3) is 0.174. The molecule has 1 aliphatic heterocycles. The summed E-state index contributed by atoms with van der Waals surface area (Å²) in [6.45, 7) is 1.49. The summed E-state index contributed by atoms with van der Waals surface area (Å²) >= 11 is 8.81. The van der Waals surface area contributed by atoms with E-state index in [0.717, 1.165) is 25.8 Å². The zero-order valence-electron chi connectivity index (χ0n) is 17.6. The Hall–Kier alpha value is -2.68. The number of aryl methyl sites for hydroxylation is 1. The van der Waals surface area contributed by atoms with Crippen LogP contribution in [0.2, 0.25) is 5.02 Å². The number of amides is 3. The lowest BCUT2D eigenvalue weighted by atomic mass is 10.2. The molecule has 170 valence electrons. The van der Waals surface area contributed by atoms with Gasteiger partial charge in [-0.15, -0.1) is 6.42 Å². The SMILES string of the molecule is C#CCOc1c(I)cc(/C=C2/SC(=O)N(CC(=O)Nc3cc(Cl)ccc3C)C2=O)cc1OC. The summed E-state index contributed by atoms with van der Waals surface area (Å²) in [5, 5.41) is 2.62. The molecule has 0 bridgehead atoms. The van der Waals surface area contributed by atoms with Gasteiger partial charge in [-0.25, -0.2) is 0 Å². The van der Waals surface area contributed by atoms with E-state index >= 15 is 0 Å². The van der Waals surface area contributed by atoms with Crippen LogP contribution in [0.5, 0.6) is 11.5 Å². The van der Waals surface area contributed by atoms with Crippen LogP contribution >= 0.6 is 46.0 Å². The smallest absolute Gasteiger partial charge is 0.294 e. The molecule has 0 unspecified atom stereocenters. The maximum atomic E-state index is 12.8. The molecule has 33 heavy (non-hydrogen) atoms. The average Bonchev–Trinajstić information content (AvgIpc) is 3.02. The van der Waals surface area contributed by atoms with Gasteiger partial charge < -0.3 is 14.8 Å². The van der Waals surface area contributed by atoms with E-state index in [9.17, 15) is 14.4 Å². The maximum Gasteiger partial charge on any atom is 0.294 e. The van der Waals surface area contributed by atoms with Crippen LogP contribution in [0.4, 0.5) is 10.5 Å². The molecule has 1 N–H and O–H groups in total. The molecule has 0 spiro atoms. The number of hydrogen-bond acceptors (Lipinski definition) is 6. The molecule has 0 radical (unpaired) electrons. The summed E-state index contributed by atoms with van der Waals surface area (Å²) in [7, 11) is 1.49. The summed E-state index contributed by atoms with van der Waals surface area (Å²) in [5.74, 6) is 2.28. The molecule has 1 aliphatic rings. The van der Waals surface area contributed by atoms with E-state index in [2.05, 4.69) is 33.8 Å². The predicted octanol–water partition coefficient (Wildman–Crippen LogP) is 4.95. The number of carbonyl (C=O) groups is 3. The summed E-state index contributed by atoms with van der Waals surface area (Å²) in [6, 6.07) is 8.53. The van der Waals surface area contributed by atoms with Crippen molar-refractivity contribution >= 4 is 74.8 Å². The third kappa shape index (κ3) is 6.01. The Morgan fingerprint density at radius 2 is 2.09 bits per heavy atom. The van der Waals surface area contributed by atoms with Gasteiger partial charge in [0.25, 0.3) is 11.1 Å². The van der Waals surface area contributed by atoms with Gasteiger partial charge in [0.15, 0.2) is 11.5 Å². The first-order valence-electron chi connectivity index (χ1n) is 9.48. The molecule has 2 aromatic rings. The van der Waals surface area contributed by atoms with Crippen LogP contribution in [0.15, 0.2) is 35.2 Å². The fourth-order valence-corrected chi connectivity index (χ4v) is 4.72. The van der Waals surface area contributed by atoms with Gasteiger partial charge in [-0.1, -0.05) is 23.6 Å². The molecule has 10 heteroatoms. The van der Waals surface area contributed by atoms with Crippen molar-refractivity contribution in [2.75, 3.05) is 25.6 Å². The second kappa shape index (κ2) is 11.0. The van der Waals surface area contributed by atoms with E-state index in [0.29, 0.717) is 27.8 Å². The molecule has 1 heterocycles. The molecule has 7 nitrogen and oxygen atoms in total. The molecule has 2 aromatic carbocycles. The van der Waals surface area contributed by atoms with Gasteiger partial charge in [-0.2, -0.15) is 0 Å². The first kappa shape index (κ1) is 25.0. The van der Waals surface area contributed by atoms with Gasteiger partial charge in [0.1, 0.15) is 13.2 Å². The predicted molar refractivity (Wildman–Crippen MR) is 138 cm³/mol. The number of imide groups is 1. The number of hydrogen-bond donors (Lipinski definition) is 1. The Morgan fingerprint density at radius 1 is 1.33 bits per heavy atom. The Kier molecular flexibility index (Phi) is 8.29. The quantitative estimate of drug-likeness (QED) is 0.277. The van der Waals surface area contributed by atoms with Crippen molar-refractivity contribution < 1.29 is 23.9 Å². The van der Waals surface area contributed by atoms with Gasteiger partial charge in [-0.3, -0.25) is 19.3 Å². The Balaban J connectivity index is 1.77. The molecule has 0 aromatic heterocycles. The molecule has 1 fully saturated rings. The van der Waals surface area contributed by atoms with Crippen molar-refractivity contribution in [2.24, 2.45) is 0 Å². The molecule has 1 saturated heterocycles. The van der Waals surface area contributed by atoms with Gasteiger partial charge in [-0.05, 0) is 82.7 Å². The number of rotatable bonds is 7. The Labute approximate surface area is 214 Å². The number of ether oxygens (including phenoxy) is 2. The number of anilines is 1. The molecule has 0 atom stereocenters. The molecule has 0 saturated carbocycles. The minimum Gasteiger partial charge on any atom is -0.493 e. The lowest BCUT2D eigenvalue weighted by Gasteiger charge is -2.14. The van der Waals surface area contributed by atoms with Crippen molar-refractivity contribution in [3.8, 4) is 23.8 Å². The number of carbonyl (C=O) groups excluding carboxylic acids is 3. The number of nitrogens with zero attached hydrogens (tertiary/aromatic N) is 1. The Morgan fingerprint density at radius 3 is 2.79 bits per heavy atom. The lowest BCUT2D eigenvalue weighted by Crippen LogP contribution is -2.36. The summed E-state index contributed by atoms with van der Waals surface area (Å²) in [4.78, 5) is 38.8. The molecule has 0 aliphatic carbocycles. The van der Waals surface area contributed by atoms with Gasteiger partial charge in [0.2, 0.25) is 5.91 Å². The molecular formula is C23H18ClIN2O5S. The number of halogens is 2. The zero-order valence-corrected chi connectivity index (χ0v) is 21.3. The molecular weight excluding hydrogens is 579 g/mol. The standard InChI is InChI=1S/C23H18ClIN2O5S/c1-4-7-32-21-16(25)8-14(9-18(21)31-3)10-19-22(29)27(23(30)33-19)12-20(28)26-17-11-15(24)6-5-13(17)2/h1,5-6,8-11H,7,12H2,2-3H3,(H,26,28)/b19-10+. The minimum absolute atomic E-state index is 0.0847. The van der Waals surface area contributed by atoms with Gasteiger partial charge in [0.05, 0.1) is 15.6 Å². The number of nitrogens with one attached hydrogen (secondary N) is 1. The first-order chi connectivity index (χ1) is 15.7. The van der Waals surface area contributed by atoms with E-state index in [1.165, 1.54) is 7.11 Å². The number of benzene rings is 2. The van der Waals surface area contributed by atoms with Crippen molar-refractivity contribution in [1.29, 1.82) is 0 Å². The third-order valence-electron chi connectivity index (χ3n) is 4.50. The van der Waals surface area contributed by atoms with E-state index in [4.69, 9.17) is 27.5 Å². The Bertz CT molecular complexity index is 1210. The van der Waals surface area contributed by atoms with Gasteiger partial charge >= 0.3 is 0 Å². The van der Waals surface area contributed by atoms with Gasteiger partial charge in [0, 0.05) is 10.7 Å². The number of terminal acetylenes is 1. The highest BCUT2D eigenvalue weighted by molar-refractivity contribution is 14.1. The van der Waals surface area contributed by atoms with E-state index < -0.39 is 23.6 Å². The summed E-state index contributed by atoms with van der Waals surface area (Å²) < 4.78 is 11.6.